The van der Waals surface area contributed by atoms with Crippen LogP contribution < -0.4 is 0 Å². The molecule has 0 aliphatic rings. The standard InChI is InChI=1S/C18H22O/c1-13-7-5-9-17(11-13)15(3)19-16(4)18-10-6-8-14(2)12-18/h5-12,15-16H,1-4H3. The maximum atomic E-state index is 6.13. The fourth-order valence-electron chi connectivity index (χ4n) is 2.31. The number of hydrogen-bond donors (Lipinski definition) is 0. The van der Waals surface area contributed by atoms with Gasteiger partial charge in [-0.3, -0.25) is 0 Å². The van der Waals surface area contributed by atoms with E-state index in [0.29, 0.717) is 0 Å². The average molecular weight is 254 g/mol. The van der Waals surface area contributed by atoms with Crippen LogP contribution in [0.25, 0.3) is 0 Å². The van der Waals surface area contributed by atoms with Crippen molar-refractivity contribution in [2.75, 3.05) is 0 Å². The zero-order valence-electron chi connectivity index (χ0n) is 12.2. The Bertz CT molecular complexity index is 495. The van der Waals surface area contributed by atoms with Gasteiger partial charge in [-0.1, -0.05) is 59.7 Å². The molecule has 1 heteroatoms. The fourth-order valence-corrected chi connectivity index (χ4v) is 2.31. The smallest absolute Gasteiger partial charge is 0.0805 e. The van der Waals surface area contributed by atoms with Gasteiger partial charge in [-0.25, -0.2) is 0 Å². The predicted molar refractivity (Wildman–Crippen MR) is 80.3 cm³/mol. The van der Waals surface area contributed by atoms with Crippen LogP contribution in [-0.4, -0.2) is 0 Å². The van der Waals surface area contributed by atoms with Crippen molar-refractivity contribution in [2.45, 2.75) is 39.9 Å². The van der Waals surface area contributed by atoms with Crippen molar-refractivity contribution in [1.29, 1.82) is 0 Å². The second kappa shape index (κ2) is 6.03. The van der Waals surface area contributed by atoms with E-state index in [0.717, 1.165) is 0 Å². The summed E-state index contributed by atoms with van der Waals surface area (Å²) in [5, 5.41) is 0. The summed E-state index contributed by atoms with van der Waals surface area (Å²) in [5.41, 5.74) is 5.02. The van der Waals surface area contributed by atoms with Gasteiger partial charge >= 0.3 is 0 Å². The zero-order chi connectivity index (χ0) is 13.8. The molecule has 0 aliphatic carbocycles. The van der Waals surface area contributed by atoms with Gasteiger partial charge < -0.3 is 4.74 Å². The Labute approximate surface area is 116 Å². The van der Waals surface area contributed by atoms with E-state index in [1.54, 1.807) is 0 Å². The Morgan fingerprint density at radius 2 is 1.16 bits per heavy atom. The van der Waals surface area contributed by atoms with Crippen molar-refractivity contribution in [3.05, 3.63) is 70.8 Å². The van der Waals surface area contributed by atoms with Crippen LogP contribution in [0.5, 0.6) is 0 Å². The lowest BCUT2D eigenvalue weighted by atomic mass is 10.1. The molecule has 0 N–H and O–H groups in total. The van der Waals surface area contributed by atoms with E-state index in [1.165, 1.54) is 22.3 Å². The molecule has 2 rings (SSSR count). The van der Waals surface area contributed by atoms with E-state index >= 15 is 0 Å². The quantitative estimate of drug-likeness (QED) is 0.733. The maximum absolute atomic E-state index is 6.13. The van der Waals surface area contributed by atoms with Crippen LogP contribution >= 0.6 is 0 Å². The third-order valence-electron chi connectivity index (χ3n) is 3.43. The molecule has 0 fully saturated rings. The predicted octanol–water partition coefficient (Wildman–Crippen LogP) is 5.14. The van der Waals surface area contributed by atoms with E-state index in [4.69, 9.17) is 4.74 Å². The Morgan fingerprint density at radius 3 is 1.53 bits per heavy atom. The molecule has 0 radical (unpaired) electrons. The Hall–Kier alpha value is -1.60. The van der Waals surface area contributed by atoms with Gasteiger partial charge in [0.05, 0.1) is 12.2 Å². The van der Waals surface area contributed by atoms with E-state index < -0.39 is 0 Å². The second-order valence-corrected chi connectivity index (χ2v) is 5.25. The largest absolute Gasteiger partial charge is 0.366 e. The Morgan fingerprint density at radius 1 is 0.737 bits per heavy atom. The highest BCUT2D eigenvalue weighted by atomic mass is 16.5. The van der Waals surface area contributed by atoms with Gasteiger partial charge in [0.1, 0.15) is 0 Å². The Balaban J connectivity index is 2.08. The molecular weight excluding hydrogens is 232 g/mol. The second-order valence-electron chi connectivity index (χ2n) is 5.25. The van der Waals surface area contributed by atoms with Gasteiger partial charge in [-0.2, -0.15) is 0 Å². The van der Waals surface area contributed by atoms with Gasteiger partial charge in [0.25, 0.3) is 0 Å². The molecule has 0 aromatic heterocycles. The highest BCUT2D eigenvalue weighted by Gasteiger charge is 2.12. The van der Waals surface area contributed by atoms with Crippen LogP contribution in [0.1, 0.15) is 48.3 Å². The minimum absolute atomic E-state index is 0.107. The zero-order valence-corrected chi connectivity index (χ0v) is 12.2. The van der Waals surface area contributed by atoms with Crippen molar-refractivity contribution in [3.8, 4) is 0 Å². The van der Waals surface area contributed by atoms with Gasteiger partial charge in [0, 0.05) is 0 Å². The lowest BCUT2D eigenvalue weighted by Crippen LogP contribution is -2.05. The molecule has 1 nitrogen and oxygen atoms in total. The fraction of sp³-hybridized carbons (Fsp3) is 0.333. The number of rotatable bonds is 4. The molecule has 0 spiro atoms. The molecule has 2 aromatic rings. The van der Waals surface area contributed by atoms with Crippen molar-refractivity contribution in [3.63, 3.8) is 0 Å². The van der Waals surface area contributed by atoms with Crippen molar-refractivity contribution >= 4 is 0 Å². The molecule has 19 heavy (non-hydrogen) atoms. The highest BCUT2D eigenvalue weighted by molar-refractivity contribution is 5.25. The van der Waals surface area contributed by atoms with Gasteiger partial charge in [-0.15, -0.1) is 0 Å². The van der Waals surface area contributed by atoms with Gasteiger partial charge in [0.15, 0.2) is 0 Å². The lowest BCUT2D eigenvalue weighted by Gasteiger charge is -2.20. The normalized spacial score (nSPS) is 14.1. The van der Waals surface area contributed by atoms with Crippen LogP contribution in [0.15, 0.2) is 48.5 Å². The average Bonchev–Trinajstić information content (AvgIpc) is 2.38. The maximum Gasteiger partial charge on any atom is 0.0805 e. The van der Waals surface area contributed by atoms with Crippen LogP contribution in [-0.2, 0) is 4.74 Å². The number of hydrogen-bond acceptors (Lipinski definition) is 1. The molecule has 2 unspecified atom stereocenters. The lowest BCUT2D eigenvalue weighted by molar-refractivity contribution is 0.00581. The van der Waals surface area contributed by atoms with Crippen molar-refractivity contribution in [2.24, 2.45) is 0 Å². The van der Waals surface area contributed by atoms with E-state index in [9.17, 15) is 0 Å². The van der Waals surface area contributed by atoms with Crippen molar-refractivity contribution in [1.82, 2.24) is 0 Å². The molecule has 100 valence electrons. The number of aryl methyl sites for hydroxylation is 2. The van der Waals surface area contributed by atoms with E-state index in [2.05, 4.69) is 76.2 Å². The molecule has 0 amide bonds. The van der Waals surface area contributed by atoms with Gasteiger partial charge in [0.2, 0.25) is 0 Å². The molecule has 0 heterocycles. The summed E-state index contributed by atoms with van der Waals surface area (Å²) >= 11 is 0. The molecular formula is C18H22O. The van der Waals surface area contributed by atoms with Crippen molar-refractivity contribution < 1.29 is 4.74 Å². The first kappa shape index (κ1) is 13.8. The summed E-state index contributed by atoms with van der Waals surface area (Å²) in [6.07, 6.45) is 0.214. The highest BCUT2D eigenvalue weighted by Crippen LogP contribution is 2.26. The van der Waals surface area contributed by atoms with Crippen LogP contribution in [0.3, 0.4) is 0 Å². The van der Waals surface area contributed by atoms with Crippen LogP contribution in [0.2, 0.25) is 0 Å². The van der Waals surface area contributed by atoms with Crippen LogP contribution in [0.4, 0.5) is 0 Å². The first-order valence-electron chi connectivity index (χ1n) is 6.85. The molecule has 2 aromatic carbocycles. The summed E-state index contributed by atoms with van der Waals surface area (Å²) in [6.45, 7) is 8.45. The summed E-state index contributed by atoms with van der Waals surface area (Å²) in [5.74, 6) is 0. The van der Waals surface area contributed by atoms with E-state index in [1.807, 2.05) is 0 Å². The monoisotopic (exact) mass is 254 g/mol. The Kier molecular flexibility index (Phi) is 4.39. The topological polar surface area (TPSA) is 9.23 Å². The summed E-state index contributed by atoms with van der Waals surface area (Å²) in [7, 11) is 0. The third-order valence-corrected chi connectivity index (χ3v) is 3.43. The molecule has 0 saturated heterocycles. The number of benzene rings is 2. The third kappa shape index (κ3) is 3.68. The molecule has 0 aliphatic heterocycles. The first-order chi connectivity index (χ1) is 9.06. The SMILES string of the molecule is Cc1cccc(C(C)OC(C)c2cccc(C)c2)c1. The minimum atomic E-state index is 0.107. The first-order valence-corrected chi connectivity index (χ1v) is 6.85. The van der Waals surface area contributed by atoms with Crippen LogP contribution in [0, 0.1) is 13.8 Å². The minimum Gasteiger partial charge on any atom is -0.366 e. The summed E-state index contributed by atoms with van der Waals surface area (Å²) in [6, 6.07) is 17.0. The molecule has 0 saturated carbocycles. The number of ether oxygens (including phenoxy) is 1. The van der Waals surface area contributed by atoms with E-state index in [-0.39, 0.29) is 12.2 Å². The molecule has 2 atom stereocenters. The molecule has 0 bridgehead atoms. The summed E-state index contributed by atoms with van der Waals surface area (Å²) in [4.78, 5) is 0. The van der Waals surface area contributed by atoms with Gasteiger partial charge in [-0.05, 0) is 38.8 Å². The summed E-state index contributed by atoms with van der Waals surface area (Å²) < 4.78 is 6.13.